The summed E-state index contributed by atoms with van der Waals surface area (Å²) in [6, 6.07) is 42.1. The molecule has 0 saturated carbocycles. The van der Waals surface area contributed by atoms with Gasteiger partial charge in [0.25, 0.3) is 0 Å². The van der Waals surface area contributed by atoms with Gasteiger partial charge in [0, 0.05) is 16.9 Å². The molecule has 0 amide bonds. The maximum Gasteiger partial charge on any atom is 0.0540 e. The Morgan fingerprint density at radius 3 is 1.51 bits per heavy atom. The Balaban J connectivity index is 1.78. The minimum Gasteiger partial charge on any atom is -0.310 e. The zero-order valence-corrected chi connectivity index (χ0v) is 22.3. The van der Waals surface area contributed by atoms with Crippen LogP contribution in [0.1, 0.15) is 36.1 Å². The van der Waals surface area contributed by atoms with Crippen molar-refractivity contribution in [3.05, 3.63) is 138 Å². The lowest BCUT2D eigenvalue weighted by atomic mass is 9.95. The van der Waals surface area contributed by atoms with Crippen molar-refractivity contribution in [3.63, 3.8) is 0 Å². The highest BCUT2D eigenvalue weighted by atomic mass is 15.1. The van der Waals surface area contributed by atoms with Crippen molar-refractivity contribution in [1.82, 2.24) is 0 Å². The fourth-order valence-electron chi connectivity index (χ4n) is 5.17. The average molecular weight is 482 g/mol. The third kappa shape index (κ3) is 5.08. The summed E-state index contributed by atoms with van der Waals surface area (Å²) < 4.78 is 0. The fraction of sp³-hybridized carbons (Fsp3) is 0.167. The number of nitrogens with zero attached hydrogens (tertiary/aromatic N) is 1. The first kappa shape index (κ1) is 24.6. The third-order valence-electron chi connectivity index (χ3n) is 7.37. The molecule has 184 valence electrons. The van der Waals surface area contributed by atoms with Gasteiger partial charge in [-0.3, -0.25) is 0 Å². The molecule has 0 spiro atoms. The molecule has 1 heteroatoms. The zero-order chi connectivity index (χ0) is 25.8. The maximum absolute atomic E-state index is 2.44. The number of hydrogen-bond donors (Lipinski definition) is 0. The molecule has 0 heterocycles. The van der Waals surface area contributed by atoms with E-state index in [0.29, 0.717) is 0 Å². The highest BCUT2D eigenvalue weighted by Crippen LogP contribution is 2.43. The van der Waals surface area contributed by atoms with Gasteiger partial charge in [0.1, 0.15) is 0 Å². The minimum atomic E-state index is 1.01. The van der Waals surface area contributed by atoms with Crippen molar-refractivity contribution < 1.29 is 0 Å². The topological polar surface area (TPSA) is 3.24 Å². The summed E-state index contributed by atoms with van der Waals surface area (Å²) in [6.45, 7) is 8.89. The summed E-state index contributed by atoms with van der Waals surface area (Å²) in [7, 11) is 0. The van der Waals surface area contributed by atoms with Crippen molar-refractivity contribution in [2.45, 2.75) is 40.5 Å². The van der Waals surface area contributed by atoms with Crippen LogP contribution in [-0.2, 0) is 12.8 Å². The second-order valence-electron chi connectivity index (χ2n) is 9.73. The van der Waals surface area contributed by atoms with Crippen molar-refractivity contribution in [2.24, 2.45) is 0 Å². The van der Waals surface area contributed by atoms with Gasteiger partial charge >= 0.3 is 0 Å². The van der Waals surface area contributed by atoms with E-state index in [-0.39, 0.29) is 0 Å². The Morgan fingerprint density at radius 2 is 1.00 bits per heavy atom. The lowest BCUT2D eigenvalue weighted by Gasteiger charge is -2.29. The molecule has 5 aromatic carbocycles. The molecule has 1 nitrogen and oxygen atoms in total. The zero-order valence-electron chi connectivity index (χ0n) is 22.3. The van der Waals surface area contributed by atoms with Gasteiger partial charge in [-0.25, -0.2) is 0 Å². The number of rotatable bonds is 7. The first-order chi connectivity index (χ1) is 18.1. The molecule has 0 bridgehead atoms. The molecule has 5 rings (SSSR count). The molecule has 0 aliphatic rings. The van der Waals surface area contributed by atoms with Crippen molar-refractivity contribution in [1.29, 1.82) is 0 Å². The first-order valence-corrected chi connectivity index (χ1v) is 13.3. The van der Waals surface area contributed by atoms with Crippen molar-refractivity contribution >= 4 is 17.1 Å². The van der Waals surface area contributed by atoms with E-state index >= 15 is 0 Å². The molecule has 0 unspecified atom stereocenters. The molecule has 5 aromatic rings. The van der Waals surface area contributed by atoms with Crippen molar-refractivity contribution in [3.8, 4) is 22.3 Å². The Bertz CT molecular complexity index is 1450. The highest BCUT2D eigenvalue weighted by molar-refractivity contribution is 5.90. The molecule has 0 aliphatic carbocycles. The van der Waals surface area contributed by atoms with Crippen molar-refractivity contribution in [2.75, 3.05) is 4.90 Å². The fourth-order valence-corrected chi connectivity index (χ4v) is 5.17. The molecule has 0 aromatic heterocycles. The van der Waals surface area contributed by atoms with Gasteiger partial charge in [0.05, 0.1) is 5.69 Å². The van der Waals surface area contributed by atoms with E-state index in [4.69, 9.17) is 0 Å². The van der Waals surface area contributed by atoms with Gasteiger partial charge in [-0.1, -0.05) is 92.7 Å². The van der Waals surface area contributed by atoms with E-state index in [1.54, 1.807) is 0 Å². The van der Waals surface area contributed by atoms with Crippen LogP contribution in [0.5, 0.6) is 0 Å². The van der Waals surface area contributed by atoms with Crippen LogP contribution in [-0.4, -0.2) is 0 Å². The van der Waals surface area contributed by atoms with Crippen LogP contribution < -0.4 is 4.90 Å². The van der Waals surface area contributed by atoms with E-state index in [1.807, 2.05) is 0 Å². The van der Waals surface area contributed by atoms with Gasteiger partial charge in [0.2, 0.25) is 0 Å². The number of anilines is 3. The van der Waals surface area contributed by atoms with Gasteiger partial charge in [0.15, 0.2) is 0 Å². The van der Waals surface area contributed by atoms with Crippen LogP contribution in [0.15, 0.2) is 115 Å². The van der Waals surface area contributed by atoms with Crippen LogP contribution in [0.25, 0.3) is 22.3 Å². The van der Waals surface area contributed by atoms with E-state index in [1.165, 1.54) is 61.6 Å². The second kappa shape index (κ2) is 10.9. The second-order valence-corrected chi connectivity index (χ2v) is 9.73. The summed E-state index contributed by atoms with van der Waals surface area (Å²) in [6.07, 6.45) is 2.03. The van der Waals surface area contributed by atoms with Crippen LogP contribution in [0, 0.1) is 13.8 Å². The Labute approximate surface area is 222 Å². The summed E-state index contributed by atoms with van der Waals surface area (Å²) in [4.78, 5) is 2.44. The van der Waals surface area contributed by atoms with Crippen LogP contribution in [0.4, 0.5) is 17.1 Å². The third-order valence-corrected chi connectivity index (χ3v) is 7.37. The average Bonchev–Trinajstić information content (AvgIpc) is 2.96. The molecule has 0 N–H and O–H groups in total. The highest BCUT2D eigenvalue weighted by Gasteiger charge is 2.19. The predicted molar refractivity (Wildman–Crippen MR) is 160 cm³/mol. The molecule has 0 saturated heterocycles. The van der Waals surface area contributed by atoms with E-state index in [2.05, 4.69) is 148 Å². The van der Waals surface area contributed by atoms with E-state index in [0.717, 1.165) is 12.8 Å². The summed E-state index contributed by atoms with van der Waals surface area (Å²) >= 11 is 0. The first-order valence-electron chi connectivity index (χ1n) is 13.3. The Morgan fingerprint density at radius 1 is 0.486 bits per heavy atom. The van der Waals surface area contributed by atoms with E-state index in [9.17, 15) is 0 Å². The van der Waals surface area contributed by atoms with Gasteiger partial charge < -0.3 is 4.90 Å². The number of aryl methyl sites for hydroxylation is 4. The normalized spacial score (nSPS) is 10.9. The lowest BCUT2D eigenvalue weighted by Crippen LogP contribution is -2.12. The lowest BCUT2D eigenvalue weighted by molar-refractivity contribution is 1.09. The smallest absolute Gasteiger partial charge is 0.0540 e. The maximum atomic E-state index is 2.44. The van der Waals surface area contributed by atoms with Gasteiger partial charge in [-0.15, -0.1) is 0 Å². The molecule has 0 aliphatic heterocycles. The molecule has 0 radical (unpaired) electrons. The van der Waals surface area contributed by atoms with Gasteiger partial charge in [-0.05, 0) is 102 Å². The number of benzene rings is 5. The summed E-state index contributed by atoms with van der Waals surface area (Å²) in [5, 5.41) is 0. The summed E-state index contributed by atoms with van der Waals surface area (Å²) in [5.74, 6) is 0. The quantitative estimate of drug-likeness (QED) is 0.223. The molecule has 0 atom stereocenters. The minimum absolute atomic E-state index is 1.01. The Hall–Kier alpha value is -4.10. The van der Waals surface area contributed by atoms with Gasteiger partial charge in [-0.2, -0.15) is 0 Å². The van der Waals surface area contributed by atoms with E-state index < -0.39 is 0 Å². The predicted octanol–water partition coefficient (Wildman–Crippen LogP) is 10.2. The number of hydrogen-bond acceptors (Lipinski definition) is 1. The van der Waals surface area contributed by atoms with Crippen LogP contribution >= 0.6 is 0 Å². The standard InChI is InChI=1S/C36H35N/c1-5-28-23-33(20-17-26(28)3)37(34-21-18-27(4)29(6-2)24-34)36-22-19-32(30-13-9-7-10-14-30)25-35(36)31-15-11-8-12-16-31/h7-25H,5-6H2,1-4H3. The molecule has 37 heavy (non-hydrogen) atoms. The monoisotopic (exact) mass is 481 g/mol. The van der Waals surface area contributed by atoms with Crippen LogP contribution in [0.3, 0.4) is 0 Å². The largest absolute Gasteiger partial charge is 0.310 e. The van der Waals surface area contributed by atoms with Crippen LogP contribution in [0.2, 0.25) is 0 Å². The molecular formula is C36H35N. The summed E-state index contributed by atoms with van der Waals surface area (Å²) in [5.41, 5.74) is 13.9. The molecule has 0 fully saturated rings. The molecular weight excluding hydrogens is 446 g/mol. The SMILES string of the molecule is CCc1cc(N(c2ccc(C)c(CC)c2)c2ccc(-c3ccccc3)cc2-c2ccccc2)ccc1C. The Kier molecular flexibility index (Phi) is 7.23.